The van der Waals surface area contributed by atoms with Crippen LogP contribution in [0.15, 0.2) is 36.0 Å². The minimum absolute atomic E-state index is 0.239. The van der Waals surface area contributed by atoms with E-state index in [1.54, 1.807) is 13.8 Å². The van der Waals surface area contributed by atoms with Gasteiger partial charge < -0.3 is 9.47 Å². The minimum Gasteiger partial charge on any atom is -0.465 e. The van der Waals surface area contributed by atoms with Gasteiger partial charge >= 0.3 is 11.9 Å². The highest BCUT2D eigenvalue weighted by atomic mass is 16.6. The SMILES string of the molecule is C=C1CC(C(=O)OCC)(C(=O)OCC)C/C1=C\C=C\CCCC. The van der Waals surface area contributed by atoms with Crippen molar-refractivity contribution in [1.82, 2.24) is 0 Å². The van der Waals surface area contributed by atoms with Crippen LogP contribution in [0.25, 0.3) is 0 Å². The molecule has 0 N–H and O–H groups in total. The summed E-state index contributed by atoms with van der Waals surface area (Å²) in [7, 11) is 0. The molecule has 23 heavy (non-hydrogen) atoms. The molecule has 1 aliphatic carbocycles. The predicted molar refractivity (Wildman–Crippen MR) is 90.8 cm³/mol. The summed E-state index contributed by atoms with van der Waals surface area (Å²) < 4.78 is 10.2. The van der Waals surface area contributed by atoms with Crippen molar-refractivity contribution >= 4 is 11.9 Å². The number of unbranched alkanes of at least 4 members (excludes halogenated alkanes) is 2. The zero-order valence-electron chi connectivity index (χ0n) is 14.5. The van der Waals surface area contributed by atoms with Crippen molar-refractivity contribution in [3.8, 4) is 0 Å². The third kappa shape index (κ3) is 4.81. The maximum Gasteiger partial charge on any atom is 0.324 e. The van der Waals surface area contributed by atoms with Crippen molar-refractivity contribution in [2.75, 3.05) is 13.2 Å². The summed E-state index contributed by atoms with van der Waals surface area (Å²) >= 11 is 0. The number of ether oxygens (including phenoxy) is 2. The number of rotatable bonds is 8. The average Bonchev–Trinajstić information content (AvgIpc) is 2.86. The normalized spacial score (nSPS) is 18.6. The van der Waals surface area contributed by atoms with Crippen LogP contribution >= 0.6 is 0 Å². The van der Waals surface area contributed by atoms with Gasteiger partial charge in [-0.1, -0.05) is 50.1 Å². The number of hydrogen-bond donors (Lipinski definition) is 0. The van der Waals surface area contributed by atoms with Gasteiger partial charge in [-0.2, -0.15) is 0 Å². The van der Waals surface area contributed by atoms with Crippen LogP contribution in [-0.2, 0) is 19.1 Å². The molecule has 0 bridgehead atoms. The molecule has 1 rings (SSSR count). The number of hydrogen-bond acceptors (Lipinski definition) is 4. The van der Waals surface area contributed by atoms with E-state index in [-0.39, 0.29) is 19.6 Å². The fraction of sp³-hybridized carbons (Fsp3) is 0.579. The zero-order chi connectivity index (χ0) is 17.3. The van der Waals surface area contributed by atoms with Gasteiger partial charge in [0.15, 0.2) is 5.41 Å². The third-order valence-electron chi connectivity index (χ3n) is 3.95. The summed E-state index contributed by atoms with van der Waals surface area (Å²) in [4.78, 5) is 24.8. The van der Waals surface area contributed by atoms with E-state index < -0.39 is 17.4 Å². The van der Waals surface area contributed by atoms with Gasteiger partial charge in [-0.25, -0.2) is 0 Å². The van der Waals surface area contributed by atoms with Gasteiger partial charge in [0.25, 0.3) is 0 Å². The highest BCUT2D eigenvalue weighted by Crippen LogP contribution is 2.46. The highest BCUT2D eigenvalue weighted by Gasteiger charge is 2.53. The van der Waals surface area contributed by atoms with Crippen molar-refractivity contribution in [3.05, 3.63) is 36.0 Å². The molecule has 0 aromatic carbocycles. The van der Waals surface area contributed by atoms with Crippen molar-refractivity contribution in [2.45, 2.75) is 52.9 Å². The summed E-state index contributed by atoms with van der Waals surface area (Å²) in [5, 5.41) is 0. The van der Waals surface area contributed by atoms with Crippen LogP contribution in [0.3, 0.4) is 0 Å². The topological polar surface area (TPSA) is 52.6 Å². The van der Waals surface area contributed by atoms with Crippen LogP contribution in [-0.4, -0.2) is 25.2 Å². The molecule has 4 nitrogen and oxygen atoms in total. The lowest BCUT2D eigenvalue weighted by molar-refractivity contribution is -0.171. The van der Waals surface area contributed by atoms with Crippen LogP contribution in [0, 0.1) is 5.41 Å². The van der Waals surface area contributed by atoms with E-state index in [0.717, 1.165) is 30.4 Å². The molecular formula is C19H28O4. The molecular weight excluding hydrogens is 292 g/mol. The Morgan fingerprint density at radius 2 is 1.74 bits per heavy atom. The van der Waals surface area contributed by atoms with Gasteiger partial charge in [0.1, 0.15) is 0 Å². The summed E-state index contributed by atoms with van der Waals surface area (Å²) in [6.45, 7) is 10.1. The zero-order valence-corrected chi connectivity index (χ0v) is 14.5. The molecule has 1 fully saturated rings. The molecule has 0 aromatic heterocycles. The van der Waals surface area contributed by atoms with Crippen LogP contribution in [0.5, 0.6) is 0 Å². The van der Waals surface area contributed by atoms with E-state index in [2.05, 4.69) is 19.6 Å². The quantitative estimate of drug-likeness (QED) is 0.383. The number of carbonyl (C=O) groups excluding carboxylic acids is 2. The molecule has 0 saturated heterocycles. The Morgan fingerprint density at radius 1 is 1.13 bits per heavy atom. The van der Waals surface area contributed by atoms with Crippen molar-refractivity contribution < 1.29 is 19.1 Å². The van der Waals surface area contributed by atoms with Gasteiger partial charge in [-0.3, -0.25) is 9.59 Å². The van der Waals surface area contributed by atoms with Gasteiger partial charge in [0.05, 0.1) is 13.2 Å². The second-order valence-corrected chi connectivity index (χ2v) is 5.74. The molecule has 4 heteroatoms. The van der Waals surface area contributed by atoms with Crippen LogP contribution in [0.2, 0.25) is 0 Å². The van der Waals surface area contributed by atoms with Gasteiger partial charge in [0.2, 0.25) is 0 Å². The number of carbonyl (C=O) groups is 2. The van der Waals surface area contributed by atoms with E-state index in [1.165, 1.54) is 0 Å². The Balaban J connectivity index is 2.95. The first-order valence-corrected chi connectivity index (χ1v) is 8.40. The highest BCUT2D eigenvalue weighted by molar-refractivity contribution is 6.02. The lowest BCUT2D eigenvalue weighted by atomic mass is 9.85. The molecule has 0 radical (unpaired) electrons. The second kappa shape index (κ2) is 9.33. The molecule has 1 aliphatic rings. The molecule has 0 atom stereocenters. The van der Waals surface area contributed by atoms with E-state index in [0.29, 0.717) is 6.42 Å². The van der Waals surface area contributed by atoms with Gasteiger partial charge in [-0.05, 0) is 38.7 Å². The Bertz CT molecular complexity index is 481. The number of allylic oxidation sites excluding steroid dienone is 5. The summed E-state index contributed by atoms with van der Waals surface area (Å²) in [5.41, 5.74) is 0.441. The Labute approximate surface area is 139 Å². The van der Waals surface area contributed by atoms with Crippen LogP contribution < -0.4 is 0 Å². The minimum atomic E-state index is -1.27. The first kappa shape index (κ1) is 19.2. The van der Waals surface area contributed by atoms with Crippen LogP contribution in [0.1, 0.15) is 52.9 Å². The maximum absolute atomic E-state index is 12.4. The summed E-state index contributed by atoms with van der Waals surface area (Å²) in [6.07, 6.45) is 9.90. The van der Waals surface area contributed by atoms with Crippen molar-refractivity contribution in [3.63, 3.8) is 0 Å². The molecule has 0 amide bonds. The smallest absolute Gasteiger partial charge is 0.324 e. The molecule has 1 saturated carbocycles. The lowest BCUT2D eigenvalue weighted by Gasteiger charge is -2.23. The molecule has 0 aromatic rings. The Morgan fingerprint density at radius 3 is 2.26 bits per heavy atom. The molecule has 128 valence electrons. The van der Waals surface area contributed by atoms with E-state index in [9.17, 15) is 9.59 Å². The van der Waals surface area contributed by atoms with Crippen LogP contribution in [0.4, 0.5) is 0 Å². The van der Waals surface area contributed by atoms with E-state index in [4.69, 9.17) is 9.47 Å². The van der Waals surface area contributed by atoms with Crippen molar-refractivity contribution in [1.29, 1.82) is 0 Å². The Hall–Kier alpha value is -1.84. The lowest BCUT2D eigenvalue weighted by Crippen LogP contribution is -2.39. The molecule has 0 heterocycles. The monoisotopic (exact) mass is 320 g/mol. The van der Waals surface area contributed by atoms with Gasteiger partial charge in [-0.15, -0.1) is 0 Å². The van der Waals surface area contributed by atoms with Crippen molar-refractivity contribution in [2.24, 2.45) is 5.41 Å². The fourth-order valence-corrected chi connectivity index (χ4v) is 2.68. The Kier molecular flexibility index (Phi) is 7.79. The van der Waals surface area contributed by atoms with E-state index >= 15 is 0 Å². The van der Waals surface area contributed by atoms with E-state index in [1.807, 2.05) is 12.2 Å². The maximum atomic E-state index is 12.4. The second-order valence-electron chi connectivity index (χ2n) is 5.74. The standard InChI is InChI=1S/C19H28O4/c1-5-8-9-10-11-12-16-14-19(13-15(16)4,17(20)22-6-2)18(21)23-7-3/h10-12H,4-9,13-14H2,1-3H3/b11-10+,16-12+. The first-order valence-electron chi connectivity index (χ1n) is 8.40. The predicted octanol–water partition coefficient (Wildman–Crippen LogP) is 4.12. The summed E-state index contributed by atoms with van der Waals surface area (Å²) in [5.74, 6) is -1.03. The fourth-order valence-electron chi connectivity index (χ4n) is 2.68. The third-order valence-corrected chi connectivity index (χ3v) is 3.95. The molecule has 0 spiro atoms. The largest absolute Gasteiger partial charge is 0.465 e. The summed E-state index contributed by atoms with van der Waals surface area (Å²) in [6, 6.07) is 0. The average molecular weight is 320 g/mol. The van der Waals surface area contributed by atoms with Gasteiger partial charge in [0, 0.05) is 0 Å². The molecule has 0 aliphatic heterocycles. The first-order chi connectivity index (χ1) is 11.0. The number of esters is 2. The molecule has 0 unspecified atom stereocenters.